The number of carbonyl (C=O) groups is 2. The largest absolute Gasteiger partial charge is 0.466 e. The maximum absolute atomic E-state index is 10.6. The van der Waals surface area contributed by atoms with Gasteiger partial charge >= 0.3 is 5.97 Å². The Morgan fingerprint density at radius 3 is 2.64 bits per heavy atom. The fraction of sp³-hybridized carbons (Fsp3) is 0.375. The summed E-state index contributed by atoms with van der Waals surface area (Å²) in [6.07, 6.45) is 2.82. The van der Waals surface area contributed by atoms with Gasteiger partial charge < -0.3 is 4.74 Å². The average Bonchev–Trinajstić information content (AvgIpc) is 1.87. The molecule has 3 nitrogen and oxygen atoms in total. The molecule has 0 aliphatic heterocycles. The normalized spacial score (nSPS) is 10.0. The summed E-state index contributed by atoms with van der Waals surface area (Å²) in [6.45, 7) is 5.20. The third kappa shape index (κ3) is 6.77. The van der Waals surface area contributed by atoms with E-state index in [9.17, 15) is 9.59 Å². The second kappa shape index (κ2) is 5.65. The van der Waals surface area contributed by atoms with E-state index in [-0.39, 0.29) is 18.2 Å². The molecule has 61 valence electrons. The van der Waals surface area contributed by atoms with Crippen molar-refractivity contribution in [1.82, 2.24) is 0 Å². The molecule has 11 heavy (non-hydrogen) atoms. The molecule has 0 amide bonds. The van der Waals surface area contributed by atoms with Crippen LogP contribution in [0.5, 0.6) is 0 Å². The van der Waals surface area contributed by atoms with Gasteiger partial charge in [0.25, 0.3) is 0 Å². The van der Waals surface area contributed by atoms with Gasteiger partial charge in [-0.05, 0) is 13.0 Å². The lowest BCUT2D eigenvalue weighted by molar-refractivity contribution is -0.142. The van der Waals surface area contributed by atoms with Crippen LogP contribution in [0.4, 0.5) is 0 Å². The molecule has 0 saturated carbocycles. The van der Waals surface area contributed by atoms with Crippen molar-refractivity contribution in [3.8, 4) is 0 Å². The average molecular weight is 155 g/mol. The van der Waals surface area contributed by atoms with Crippen molar-refractivity contribution in [2.45, 2.75) is 13.3 Å². The number of ketones is 1. The van der Waals surface area contributed by atoms with Crippen molar-refractivity contribution < 1.29 is 14.3 Å². The van der Waals surface area contributed by atoms with Crippen LogP contribution in [0.2, 0.25) is 0 Å². The molecule has 0 aromatic heterocycles. The highest BCUT2D eigenvalue weighted by Crippen LogP contribution is 1.88. The Bertz CT molecular complexity index is 170. The number of hydrogen-bond acceptors (Lipinski definition) is 3. The summed E-state index contributed by atoms with van der Waals surface area (Å²) in [5.41, 5.74) is 0. The quantitative estimate of drug-likeness (QED) is 0.447. The molecule has 0 unspecified atom stereocenters. The second-order valence-corrected chi connectivity index (χ2v) is 1.88. The lowest BCUT2D eigenvalue weighted by atomic mass is 10.3. The molecule has 0 N–H and O–H groups in total. The maximum atomic E-state index is 10.6. The molecule has 0 aromatic rings. The fourth-order valence-corrected chi connectivity index (χ4v) is 0.507. The first-order valence-electron chi connectivity index (χ1n) is 3.35. The van der Waals surface area contributed by atoms with Crippen molar-refractivity contribution >= 4 is 11.8 Å². The highest BCUT2D eigenvalue weighted by atomic mass is 16.5. The van der Waals surface area contributed by atoms with Gasteiger partial charge in [-0.15, -0.1) is 0 Å². The first-order valence-corrected chi connectivity index (χ1v) is 3.35. The maximum Gasteiger partial charge on any atom is 0.309 e. The van der Waals surface area contributed by atoms with E-state index in [1.807, 2.05) is 0 Å². The van der Waals surface area contributed by atoms with Crippen LogP contribution in [0.3, 0.4) is 0 Å². The molecule has 0 heterocycles. The number of rotatable bonds is 4. The zero-order valence-corrected chi connectivity index (χ0v) is 6.50. The van der Waals surface area contributed by atoms with E-state index in [1.165, 1.54) is 12.2 Å². The van der Waals surface area contributed by atoms with Gasteiger partial charge in [0.2, 0.25) is 0 Å². The lowest BCUT2D eigenvalue weighted by Crippen LogP contribution is -2.01. The van der Waals surface area contributed by atoms with Crippen molar-refractivity contribution in [3.63, 3.8) is 0 Å². The van der Waals surface area contributed by atoms with Crippen LogP contribution in [-0.2, 0) is 14.3 Å². The molecule has 0 rings (SSSR count). The van der Waals surface area contributed by atoms with Gasteiger partial charge in [-0.1, -0.05) is 6.08 Å². The number of hydrogen-bond donors (Lipinski definition) is 0. The summed E-state index contributed by atoms with van der Waals surface area (Å²) in [4.78, 5) is 20.9. The standard InChI is InChI=1S/C8H11O3/c1-3-11-8(10)6-4-5-7(2)9/h4-5H,2-3,6H2,1H3. The molecule has 0 aliphatic rings. The molecular formula is C8H11O3. The van der Waals surface area contributed by atoms with Crippen LogP contribution in [0, 0.1) is 6.92 Å². The summed E-state index contributed by atoms with van der Waals surface area (Å²) < 4.78 is 4.60. The minimum atomic E-state index is -0.329. The van der Waals surface area contributed by atoms with Crippen molar-refractivity contribution in [2.75, 3.05) is 6.61 Å². The molecule has 0 spiro atoms. The summed E-state index contributed by atoms with van der Waals surface area (Å²) in [5.74, 6) is -0.640. The third-order valence-electron chi connectivity index (χ3n) is 0.894. The summed E-state index contributed by atoms with van der Waals surface area (Å²) in [7, 11) is 0. The predicted octanol–water partition coefficient (Wildman–Crippen LogP) is 0.899. The van der Waals surface area contributed by atoms with Gasteiger partial charge in [0, 0.05) is 6.92 Å². The SMILES string of the molecule is [CH2]C(=O)C=CCC(=O)OCC. The van der Waals surface area contributed by atoms with Crippen LogP contribution in [0.25, 0.3) is 0 Å². The van der Waals surface area contributed by atoms with Crippen molar-refractivity contribution in [1.29, 1.82) is 0 Å². The van der Waals surface area contributed by atoms with Crippen LogP contribution in [-0.4, -0.2) is 18.4 Å². The topological polar surface area (TPSA) is 43.4 Å². The van der Waals surface area contributed by atoms with E-state index in [2.05, 4.69) is 11.7 Å². The molecular weight excluding hydrogens is 144 g/mol. The molecule has 0 atom stereocenters. The Labute approximate surface area is 66.0 Å². The smallest absolute Gasteiger partial charge is 0.309 e. The number of allylic oxidation sites excluding steroid dienone is 1. The molecule has 1 radical (unpaired) electrons. The number of ether oxygens (including phenoxy) is 1. The summed E-state index contributed by atoms with van der Waals surface area (Å²) in [6, 6.07) is 0. The molecule has 0 fully saturated rings. The van der Waals surface area contributed by atoms with E-state index < -0.39 is 0 Å². The van der Waals surface area contributed by atoms with E-state index in [0.29, 0.717) is 6.61 Å². The fourth-order valence-electron chi connectivity index (χ4n) is 0.507. The molecule has 0 aromatic carbocycles. The van der Waals surface area contributed by atoms with Crippen molar-refractivity contribution in [2.24, 2.45) is 0 Å². The zero-order chi connectivity index (χ0) is 8.69. The van der Waals surface area contributed by atoms with Crippen LogP contribution in [0.1, 0.15) is 13.3 Å². The van der Waals surface area contributed by atoms with E-state index in [4.69, 9.17) is 0 Å². The first-order chi connectivity index (χ1) is 5.16. The van der Waals surface area contributed by atoms with Gasteiger partial charge in [-0.3, -0.25) is 9.59 Å². The summed E-state index contributed by atoms with van der Waals surface area (Å²) >= 11 is 0. The van der Waals surface area contributed by atoms with Crippen LogP contribution in [0.15, 0.2) is 12.2 Å². The van der Waals surface area contributed by atoms with Gasteiger partial charge in [0.15, 0.2) is 5.78 Å². The first kappa shape index (κ1) is 9.88. The Kier molecular flexibility index (Phi) is 5.07. The molecule has 0 bridgehead atoms. The van der Waals surface area contributed by atoms with Gasteiger partial charge in [-0.2, -0.15) is 0 Å². The highest BCUT2D eigenvalue weighted by molar-refractivity contribution is 5.93. The number of carbonyl (C=O) groups excluding carboxylic acids is 2. The summed E-state index contributed by atoms with van der Waals surface area (Å²) in [5, 5.41) is 0. The van der Waals surface area contributed by atoms with Gasteiger partial charge in [0.05, 0.1) is 13.0 Å². The van der Waals surface area contributed by atoms with Crippen molar-refractivity contribution in [3.05, 3.63) is 19.1 Å². The Morgan fingerprint density at radius 1 is 1.55 bits per heavy atom. The zero-order valence-electron chi connectivity index (χ0n) is 6.50. The van der Waals surface area contributed by atoms with Gasteiger partial charge in [0.1, 0.15) is 0 Å². The number of esters is 1. The highest BCUT2D eigenvalue weighted by Gasteiger charge is 1.95. The van der Waals surface area contributed by atoms with E-state index in [0.717, 1.165) is 0 Å². The van der Waals surface area contributed by atoms with Crippen LogP contribution >= 0.6 is 0 Å². The Hall–Kier alpha value is -1.12. The van der Waals surface area contributed by atoms with E-state index in [1.54, 1.807) is 6.92 Å². The van der Waals surface area contributed by atoms with E-state index >= 15 is 0 Å². The Balaban J connectivity index is 3.53. The van der Waals surface area contributed by atoms with Crippen LogP contribution < -0.4 is 0 Å². The second-order valence-electron chi connectivity index (χ2n) is 1.88. The monoisotopic (exact) mass is 155 g/mol. The lowest BCUT2D eigenvalue weighted by Gasteiger charge is -1.95. The molecule has 3 heteroatoms. The predicted molar refractivity (Wildman–Crippen MR) is 40.8 cm³/mol. The van der Waals surface area contributed by atoms with Gasteiger partial charge in [-0.25, -0.2) is 0 Å². The minimum Gasteiger partial charge on any atom is -0.466 e. The molecule has 0 aliphatic carbocycles. The Morgan fingerprint density at radius 2 is 2.18 bits per heavy atom. The third-order valence-corrected chi connectivity index (χ3v) is 0.894. The minimum absolute atomic E-state index is 0.134. The molecule has 0 saturated heterocycles.